The molecular weight excluding hydrogens is 314 g/mol. The molecule has 7 heteroatoms. The van der Waals surface area contributed by atoms with Gasteiger partial charge in [-0.2, -0.15) is 0 Å². The number of hydrogen-bond donors (Lipinski definition) is 1. The number of carboxylic acids is 1. The second-order valence-electron chi connectivity index (χ2n) is 5.69. The summed E-state index contributed by atoms with van der Waals surface area (Å²) < 4.78 is 5.77. The molecule has 0 aliphatic carbocycles. The van der Waals surface area contributed by atoms with Crippen LogP contribution >= 0.6 is 11.8 Å². The predicted molar refractivity (Wildman–Crippen MR) is 90.1 cm³/mol. The van der Waals surface area contributed by atoms with Crippen LogP contribution in [0.3, 0.4) is 0 Å². The number of hydrogen-bond acceptors (Lipinski definition) is 6. The standard InChI is InChI=1S/C16H19N3O3S/c1-10-7-19(8-11(2)22-10)15-16(23-9-14(20)21)18-13-6-4-3-5-12(13)17-15/h3-6,10-11H,7-9H2,1-2H3,(H,20,21)/t10-,11+. The Hall–Kier alpha value is -1.86. The van der Waals surface area contributed by atoms with Crippen molar-refractivity contribution in [1.82, 2.24) is 9.97 Å². The summed E-state index contributed by atoms with van der Waals surface area (Å²) in [7, 11) is 0. The van der Waals surface area contributed by atoms with Crippen molar-refractivity contribution in [3.63, 3.8) is 0 Å². The van der Waals surface area contributed by atoms with Crippen LogP contribution in [0.5, 0.6) is 0 Å². The van der Waals surface area contributed by atoms with Gasteiger partial charge >= 0.3 is 5.97 Å². The van der Waals surface area contributed by atoms with E-state index in [2.05, 4.69) is 9.88 Å². The summed E-state index contributed by atoms with van der Waals surface area (Å²) in [6.07, 6.45) is 0.202. The van der Waals surface area contributed by atoms with E-state index in [1.54, 1.807) is 0 Å². The number of carboxylic acid groups (broad SMARTS) is 1. The Labute approximate surface area is 138 Å². The zero-order chi connectivity index (χ0) is 16.4. The summed E-state index contributed by atoms with van der Waals surface area (Å²) in [5.74, 6) is -0.147. The van der Waals surface area contributed by atoms with Crippen LogP contribution in [0, 0.1) is 0 Å². The fourth-order valence-electron chi connectivity index (χ4n) is 2.76. The van der Waals surface area contributed by atoms with Crippen LogP contribution in [0.4, 0.5) is 5.82 Å². The van der Waals surface area contributed by atoms with Crippen molar-refractivity contribution in [1.29, 1.82) is 0 Å². The lowest BCUT2D eigenvalue weighted by Gasteiger charge is -2.36. The number of nitrogens with zero attached hydrogens (tertiary/aromatic N) is 3. The van der Waals surface area contributed by atoms with Crippen LogP contribution in [0.2, 0.25) is 0 Å². The molecule has 3 rings (SSSR count). The van der Waals surface area contributed by atoms with Crippen molar-refractivity contribution in [2.45, 2.75) is 31.1 Å². The molecule has 0 bridgehead atoms. The molecule has 1 saturated heterocycles. The van der Waals surface area contributed by atoms with Crippen molar-refractivity contribution in [2.24, 2.45) is 0 Å². The molecular formula is C16H19N3O3S. The number of aromatic nitrogens is 2. The Morgan fingerprint density at radius 1 is 1.26 bits per heavy atom. The average molecular weight is 333 g/mol. The number of aliphatic carboxylic acids is 1. The molecule has 0 spiro atoms. The Morgan fingerprint density at radius 2 is 1.87 bits per heavy atom. The number of rotatable bonds is 4. The molecule has 122 valence electrons. The first-order chi connectivity index (χ1) is 11.0. The first-order valence-corrected chi connectivity index (χ1v) is 8.53. The molecule has 0 saturated carbocycles. The quantitative estimate of drug-likeness (QED) is 0.861. The summed E-state index contributed by atoms with van der Waals surface area (Å²) in [6, 6.07) is 7.64. The van der Waals surface area contributed by atoms with Gasteiger partial charge in [0, 0.05) is 13.1 Å². The second-order valence-corrected chi connectivity index (χ2v) is 6.65. The van der Waals surface area contributed by atoms with Gasteiger partial charge < -0.3 is 14.7 Å². The van der Waals surface area contributed by atoms with Gasteiger partial charge in [0.1, 0.15) is 5.03 Å². The van der Waals surface area contributed by atoms with Crippen LogP contribution in [-0.4, -0.2) is 52.1 Å². The third-order valence-electron chi connectivity index (χ3n) is 3.57. The van der Waals surface area contributed by atoms with Gasteiger partial charge in [-0.25, -0.2) is 9.97 Å². The van der Waals surface area contributed by atoms with Crippen molar-refractivity contribution in [3.05, 3.63) is 24.3 Å². The zero-order valence-electron chi connectivity index (χ0n) is 13.1. The summed E-state index contributed by atoms with van der Waals surface area (Å²) in [5.41, 5.74) is 1.59. The molecule has 6 nitrogen and oxygen atoms in total. The fourth-order valence-corrected chi connectivity index (χ4v) is 3.49. The maximum absolute atomic E-state index is 10.9. The molecule has 2 aromatic rings. The van der Waals surface area contributed by atoms with E-state index in [1.807, 2.05) is 38.1 Å². The van der Waals surface area contributed by atoms with Gasteiger partial charge in [-0.3, -0.25) is 4.79 Å². The minimum Gasteiger partial charge on any atom is -0.481 e. The van der Waals surface area contributed by atoms with Gasteiger partial charge in [-0.05, 0) is 26.0 Å². The Bertz CT molecular complexity index is 715. The number of ether oxygens (including phenoxy) is 1. The number of para-hydroxylation sites is 2. The zero-order valence-corrected chi connectivity index (χ0v) is 13.9. The Balaban J connectivity index is 2.01. The van der Waals surface area contributed by atoms with Crippen molar-refractivity contribution >= 4 is 34.6 Å². The van der Waals surface area contributed by atoms with Gasteiger partial charge in [0.25, 0.3) is 0 Å². The van der Waals surface area contributed by atoms with E-state index in [0.29, 0.717) is 5.03 Å². The number of thioether (sulfide) groups is 1. The monoisotopic (exact) mass is 333 g/mol. The third-order valence-corrected chi connectivity index (χ3v) is 4.51. The molecule has 2 atom stereocenters. The largest absolute Gasteiger partial charge is 0.481 e. The number of fused-ring (bicyclic) bond motifs is 1. The molecule has 2 heterocycles. The molecule has 1 aliphatic rings. The van der Waals surface area contributed by atoms with Crippen LogP contribution in [0.1, 0.15) is 13.8 Å². The maximum Gasteiger partial charge on any atom is 0.313 e. The van der Waals surface area contributed by atoms with Crippen molar-refractivity contribution < 1.29 is 14.6 Å². The van der Waals surface area contributed by atoms with E-state index in [1.165, 1.54) is 11.8 Å². The van der Waals surface area contributed by atoms with E-state index in [4.69, 9.17) is 14.8 Å². The van der Waals surface area contributed by atoms with Crippen molar-refractivity contribution in [2.75, 3.05) is 23.7 Å². The highest BCUT2D eigenvalue weighted by molar-refractivity contribution is 8.00. The summed E-state index contributed by atoms with van der Waals surface area (Å²) >= 11 is 1.21. The number of carbonyl (C=O) groups is 1. The van der Waals surface area contributed by atoms with Gasteiger partial charge in [-0.15, -0.1) is 0 Å². The number of morpholine rings is 1. The number of benzene rings is 1. The second kappa shape index (κ2) is 6.72. The van der Waals surface area contributed by atoms with Crippen LogP contribution < -0.4 is 4.90 Å². The Kier molecular flexibility index (Phi) is 4.68. The SMILES string of the molecule is C[C@@H]1CN(c2nc3ccccc3nc2SCC(=O)O)C[C@H](C)O1. The lowest BCUT2D eigenvalue weighted by atomic mass is 10.2. The van der Waals surface area contributed by atoms with Gasteiger partial charge in [0.15, 0.2) is 5.82 Å². The van der Waals surface area contributed by atoms with Gasteiger partial charge in [-0.1, -0.05) is 23.9 Å². The maximum atomic E-state index is 10.9. The first kappa shape index (κ1) is 16.0. The van der Waals surface area contributed by atoms with Crippen LogP contribution in [0.15, 0.2) is 29.3 Å². The molecule has 0 unspecified atom stereocenters. The molecule has 23 heavy (non-hydrogen) atoms. The minimum atomic E-state index is -0.861. The lowest BCUT2D eigenvalue weighted by Crippen LogP contribution is -2.46. The number of anilines is 1. The molecule has 1 fully saturated rings. The molecule has 1 aromatic heterocycles. The van der Waals surface area contributed by atoms with Gasteiger partial charge in [0.2, 0.25) is 0 Å². The molecule has 0 radical (unpaired) electrons. The highest BCUT2D eigenvalue weighted by Gasteiger charge is 2.26. The normalized spacial score (nSPS) is 21.6. The lowest BCUT2D eigenvalue weighted by molar-refractivity contribution is -0.133. The Morgan fingerprint density at radius 3 is 2.48 bits per heavy atom. The van der Waals surface area contributed by atoms with Crippen LogP contribution in [-0.2, 0) is 9.53 Å². The molecule has 1 aliphatic heterocycles. The highest BCUT2D eigenvalue weighted by atomic mass is 32.2. The van der Waals surface area contributed by atoms with E-state index in [9.17, 15) is 4.79 Å². The van der Waals surface area contributed by atoms with Crippen molar-refractivity contribution in [3.8, 4) is 0 Å². The average Bonchev–Trinajstić information content (AvgIpc) is 2.51. The summed E-state index contributed by atoms with van der Waals surface area (Å²) in [5, 5.41) is 9.63. The van der Waals surface area contributed by atoms with Gasteiger partial charge in [0.05, 0.1) is 29.0 Å². The summed E-state index contributed by atoms with van der Waals surface area (Å²) in [4.78, 5) is 22.4. The topological polar surface area (TPSA) is 75.6 Å². The smallest absolute Gasteiger partial charge is 0.313 e. The molecule has 0 amide bonds. The predicted octanol–water partition coefficient (Wildman–Crippen LogP) is 2.42. The molecule has 1 N–H and O–H groups in total. The van der Waals surface area contributed by atoms with E-state index in [0.717, 1.165) is 29.9 Å². The first-order valence-electron chi connectivity index (χ1n) is 7.54. The summed E-state index contributed by atoms with van der Waals surface area (Å²) in [6.45, 7) is 5.50. The molecule has 1 aromatic carbocycles. The fraction of sp³-hybridized carbons (Fsp3) is 0.438. The highest BCUT2D eigenvalue weighted by Crippen LogP contribution is 2.30. The van der Waals surface area contributed by atoms with E-state index in [-0.39, 0.29) is 18.0 Å². The minimum absolute atomic E-state index is 0.0323. The van der Waals surface area contributed by atoms with E-state index >= 15 is 0 Å². The third kappa shape index (κ3) is 3.73. The van der Waals surface area contributed by atoms with Crippen LogP contribution in [0.25, 0.3) is 11.0 Å². The van der Waals surface area contributed by atoms with E-state index < -0.39 is 5.97 Å².